The number of aromatic nitrogens is 2. The van der Waals surface area contributed by atoms with Crippen molar-refractivity contribution in [3.05, 3.63) is 118 Å². The molecule has 0 saturated heterocycles. The number of nitrogens with zero attached hydrogens (tertiary/aromatic N) is 2. The van der Waals surface area contributed by atoms with E-state index in [1.807, 2.05) is 71.4 Å². The number of nitrogens with one attached hydrogen (secondary N) is 1. The molecular weight excluding hydrogens is 478 g/mol. The second-order valence-corrected chi connectivity index (χ2v) is 8.39. The minimum atomic E-state index is -0.235. The Hall–Kier alpha value is -3.64. The molecule has 1 heterocycles. The number of ether oxygens (including phenoxy) is 1. The number of hydrogen-bond donors (Lipinski definition) is 1. The van der Waals surface area contributed by atoms with Gasteiger partial charge in [0, 0.05) is 12.3 Å². The van der Waals surface area contributed by atoms with Crippen molar-refractivity contribution in [2.75, 3.05) is 7.11 Å². The molecule has 0 bridgehead atoms. The number of rotatable bonds is 7. The van der Waals surface area contributed by atoms with Crippen LogP contribution in [0.4, 0.5) is 0 Å². The quantitative estimate of drug-likeness (QED) is 0.322. The van der Waals surface area contributed by atoms with Crippen LogP contribution in [0.2, 0.25) is 0 Å². The first-order valence-corrected chi connectivity index (χ1v) is 11.3. The predicted octanol–water partition coefficient (Wildman–Crippen LogP) is 5.87. The smallest absolute Gasteiger partial charge is 0.244 e. The lowest BCUT2D eigenvalue weighted by Crippen LogP contribution is -2.28. The van der Waals surface area contributed by atoms with Crippen LogP contribution in [0.5, 0.6) is 5.75 Å². The fourth-order valence-electron chi connectivity index (χ4n) is 3.70. The minimum absolute atomic E-state index is 0.173. The number of methoxy groups -OCH3 is 1. The zero-order chi connectivity index (χ0) is 23.2. The Kier molecular flexibility index (Phi) is 7.05. The van der Waals surface area contributed by atoms with E-state index in [-0.39, 0.29) is 11.9 Å². The summed E-state index contributed by atoms with van der Waals surface area (Å²) in [5.41, 5.74) is 4.95. The Morgan fingerprint density at radius 2 is 1.85 bits per heavy atom. The molecule has 6 heteroatoms. The van der Waals surface area contributed by atoms with E-state index in [1.54, 1.807) is 25.6 Å². The number of aryl methyl sites for hydroxylation is 1. The van der Waals surface area contributed by atoms with Gasteiger partial charge in [0.15, 0.2) is 0 Å². The Balaban J connectivity index is 1.55. The van der Waals surface area contributed by atoms with E-state index in [1.165, 1.54) is 0 Å². The average molecular weight is 502 g/mol. The molecule has 0 spiro atoms. The molecule has 1 atom stereocenters. The van der Waals surface area contributed by atoms with E-state index in [9.17, 15) is 4.79 Å². The van der Waals surface area contributed by atoms with Crippen molar-refractivity contribution in [2.45, 2.75) is 13.0 Å². The van der Waals surface area contributed by atoms with Crippen LogP contribution in [0.3, 0.4) is 0 Å². The number of carbonyl (C=O) groups is 1. The van der Waals surface area contributed by atoms with Gasteiger partial charge in [0.05, 0.1) is 18.8 Å². The average Bonchev–Trinajstić information content (AvgIpc) is 3.28. The molecule has 0 fully saturated rings. The van der Waals surface area contributed by atoms with Gasteiger partial charge in [-0.25, -0.2) is 4.98 Å². The minimum Gasteiger partial charge on any atom is -0.495 e. The van der Waals surface area contributed by atoms with Crippen molar-refractivity contribution in [1.82, 2.24) is 14.9 Å². The Labute approximate surface area is 201 Å². The summed E-state index contributed by atoms with van der Waals surface area (Å²) in [6, 6.07) is 23.6. The van der Waals surface area contributed by atoms with Gasteiger partial charge in [0.1, 0.15) is 16.7 Å². The van der Waals surface area contributed by atoms with Gasteiger partial charge < -0.3 is 14.6 Å². The molecule has 0 radical (unpaired) electrons. The molecule has 33 heavy (non-hydrogen) atoms. The molecule has 0 aliphatic rings. The van der Waals surface area contributed by atoms with E-state index < -0.39 is 0 Å². The van der Waals surface area contributed by atoms with Crippen LogP contribution in [0.15, 0.2) is 96.0 Å². The predicted molar refractivity (Wildman–Crippen MR) is 134 cm³/mol. The van der Waals surface area contributed by atoms with Gasteiger partial charge in [-0.05, 0) is 63.3 Å². The second kappa shape index (κ2) is 10.3. The summed E-state index contributed by atoms with van der Waals surface area (Å²) in [6.07, 6.45) is 6.90. The molecule has 4 aromatic rings. The third-order valence-corrected chi connectivity index (χ3v) is 5.79. The monoisotopic (exact) mass is 501 g/mol. The van der Waals surface area contributed by atoms with Gasteiger partial charge in [0.2, 0.25) is 5.91 Å². The lowest BCUT2D eigenvalue weighted by molar-refractivity contribution is -0.116. The molecule has 0 aliphatic heterocycles. The summed E-state index contributed by atoms with van der Waals surface area (Å²) in [5.74, 6) is 0.512. The van der Waals surface area contributed by atoms with Gasteiger partial charge in [-0.1, -0.05) is 60.7 Å². The normalized spacial score (nSPS) is 12.0. The van der Waals surface area contributed by atoms with Gasteiger partial charge in [0.25, 0.3) is 0 Å². The zero-order valence-corrected chi connectivity index (χ0v) is 20.0. The van der Waals surface area contributed by atoms with Crippen molar-refractivity contribution in [1.29, 1.82) is 0 Å². The van der Waals surface area contributed by atoms with E-state index in [2.05, 4.69) is 45.3 Å². The fraction of sp³-hybridized carbons (Fsp3) is 0.111. The summed E-state index contributed by atoms with van der Waals surface area (Å²) in [6.45, 7) is 2.06. The van der Waals surface area contributed by atoms with Gasteiger partial charge >= 0.3 is 0 Å². The maximum atomic E-state index is 12.9. The van der Waals surface area contributed by atoms with Crippen molar-refractivity contribution in [3.8, 4) is 11.4 Å². The van der Waals surface area contributed by atoms with Crippen LogP contribution >= 0.6 is 15.9 Å². The first kappa shape index (κ1) is 22.6. The highest BCUT2D eigenvalue weighted by Crippen LogP contribution is 2.27. The highest BCUT2D eigenvalue weighted by Gasteiger charge is 2.17. The van der Waals surface area contributed by atoms with Crippen molar-refractivity contribution in [2.24, 2.45) is 0 Å². The highest BCUT2D eigenvalue weighted by atomic mass is 79.9. The summed E-state index contributed by atoms with van der Waals surface area (Å²) >= 11 is 3.36. The molecule has 1 N–H and O–H groups in total. The largest absolute Gasteiger partial charge is 0.495 e. The number of carbonyl (C=O) groups excluding carboxylic acids is 1. The molecule has 0 aliphatic carbocycles. The van der Waals surface area contributed by atoms with Crippen LogP contribution < -0.4 is 10.1 Å². The highest BCUT2D eigenvalue weighted by molar-refractivity contribution is 9.10. The van der Waals surface area contributed by atoms with E-state index >= 15 is 0 Å². The van der Waals surface area contributed by atoms with Crippen LogP contribution in [-0.4, -0.2) is 22.6 Å². The molecular formula is C27H24BrN3O2. The number of benzene rings is 3. The topological polar surface area (TPSA) is 56.1 Å². The van der Waals surface area contributed by atoms with Gasteiger partial charge in [-0.15, -0.1) is 0 Å². The lowest BCUT2D eigenvalue weighted by atomic mass is 9.95. The van der Waals surface area contributed by atoms with Crippen LogP contribution in [0, 0.1) is 6.92 Å². The number of imidazole rings is 1. The molecule has 1 aromatic heterocycles. The number of amides is 1. The van der Waals surface area contributed by atoms with Gasteiger partial charge in [-0.2, -0.15) is 0 Å². The van der Waals surface area contributed by atoms with Crippen LogP contribution in [0.25, 0.3) is 11.8 Å². The first-order chi connectivity index (χ1) is 16.0. The summed E-state index contributed by atoms with van der Waals surface area (Å²) in [7, 11) is 1.62. The van der Waals surface area contributed by atoms with Crippen LogP contribution in [-0.2, 0) is 4.79 Å². The summed E-state index contributed by atoms with van der Waals surface area (Å²) < 4.78 is 8.16. The SMILES string of the molecule is COc1cc(/C=C/C(=O)NC(c2ccccc2)c2ccccc2C)ccc1-n1cnc(Br)c1. The van der Waals surface area contributed by atoms with Crippen molar-refractivity contribution >= 4 is 27.9 Å². The molecule has 5 nitrogen and oxygen atoms in total. The van der Waals surface area contributed by atoms with Crippen molar-refractivity contribution < 1.29 is 9.53 Å². The maximum Gasteiger partial charge on any atom is 0.244 e. The molecule has 166 valence electrons. The molecule has 0 saturated carbocycles. The fourth-order valence-corrected chi connectivity index (χ4v) is 4.01. The standard InChI is InChI=1S/C27H24BrN3O2/c1-19-8-6-7-11-22(19)27(21-9-4-3-5-10-21)30-26(32)15-13-20-12-14-23(24(16-20)33-2)31-17-25(28)29-18-31/h3-18,27H,1-2H3,(H,30,32)/b15-13+. The number of hydrogen-bond acceptors (Lipinski definition) is 3. The third kappa shape index (κ3) is 5.41. The molecule has 3 aromatic carbocycles. The summed E-state index contributed by atoms with van der Waals surface area (Å²) in [5, 5.41) is 3.15. The summed E-state index contributed by atoms with van der Waals surface area (Å²) in [4.78, 5) is 17.1. The Bertz CT molecular complexity index is 1280. The van der Waals surface area contributed by atoms with E-state index in [0.717, 1.165) is 32.5 Å². The van der Waals surface area contributed by atoms with E-state index in [0.29, 0.717) is 5.75 Å². The van der Waals surface area contributed by atoms with Gasteiger partial charge in [-0.3, -0.25) is 4.79 Å². The van der Waals surface area contributed by atoms with Crippen LogP contribution in [0.1, 0.15) is 28.3 Å². The first-order valence-electron chi connectivity index (χ1n) is 10.5. The molecule has 4 rings (SSSR count). The second-order valence-electron chi connectivity index (χ2n) is 7.58. The van der Waals surface area contributed by atoms with E-state index in [4.69, 9.17) is 4.74 Å². The van der Waals surface area contributed by atoms with Crippen molar-refractivity contribution in [3.63, 3.8) is 0 Å². The molecule has 1 unspecified atom stereocenters. The number of halogens is 1. The molecule has 1 amide bonds. The lowest BCUT2D eigenvalue weighted by Gasteiger charge is -2.21. The Morgan fingerprint density at radius 3 is 2.55 bits per heavy atom. The Morgan fingerprint density at radius 1 is 1.09 bits per heavy atom. The third-order valence-electron chi connectivity index (χ3n) is 5.38. The zero-order valence-electron chi connectivity index (χ0n) is 18.4. The maximum absolute atomic E-state index is 12.9.